The molecule has 152 valence electrons. The monoisotopic (exact) mass is 416 g/mol. The van der Waals surface area contributed by atoms with Crippen molar-refractivity contribution >= 4 is 27.1 Å². The van der Waals surface area contributed by atoms with E-state index in [0.717, 1.165) is 12.8 Å². The van der Waals surface area contributed by atoms with Crippen LogP contribution >= 0.6 is 0 Å². The fraction of sp³-hybridized carbons (Fsp3) is 0.333. The Hall–Kier alpha value is -2.74. The maximum atomic E-state index is 13.4. The molecule has 1 amide bonds. The number of hydrogen-bond acceptors (Lipinski definition) is 5. The minimum atomic E-state index is -3.33. The zero-order chi connectivity index (χ0) is 20.4. The number of sulfone groups is 1. The maximum Gasteiger partial charge on any atom is 0.268 e. The van der Waals surface area contributed by atoms with Crippen molar-refractivity contribution in [3.05, 3.63) is 59.9 Å². The normalized spacial score (nSPS) is 19.6. The summed E-state index contributed by atoms with van der Waals surface area (Å²) in [6.45, 7) is 0. The van der Waals surface area contributed by atoms with Crippen LogP contribution in [0.2, 0.25) is 0 Å². The lowest BCUT2D eigenvalue weighted by Gasteiger charge is -2.13. The third-order valence-corrected chi connectivity index (χ3v) is 7.59. The van der Waals surface area contributed by atoms with Crippen molar-refractivity contribution in [2.24, 2.45) is 5.16 Å². The zero-order valence-corrected chi connectivity index (χ0v) is 16.5. The number of carbonyl (C=O) groups excluding carboxylic acids is 1. The van der Waals surface area contributed by atoms with Crippen molar-refractivity contribution in [3.63, 3.8) is 0 Å². The fourth-order valence-electron chi connectivity index (χ4n) is 3.70. The number of amides is 1. The molecule has 1 fully saturated rings. The number of nitrogens with zero attached hydrogens (tertiary/aromatic N) is 1. The molecule has 2 aliphatic rings. The second-order valence-corrected chi connectivity index (χ2v) is 9.54. The summed E-state index contributed by atoms with van der Waals surface area (Å²) in [4.78, 5) is 17.9. The average molecular weight is 416 g/mol. The molecule has 0 spiro atoms. The Labute approximate surface area is 168 Å². The van der Waals surface area contributed by atoms with E-state index < -0.39 is 21.8 Å². The first-order valence-corrected chi connectivity index (χ1v) is 11.1. The van der Waals surface area contributed by atoms with E-state index in [1.807, 2.05) is 0 Å². The molecule has 8 heteroatoms. The molecule has 1 aliphatic carbocycles. The van der Waals surface area contributed by atoms with Crippen LogP contribution in [-0.4, -0.2) is 31.4 Å². The molecule has 1 aliphatic heterocycles. The van der Waals surface area contributed by atoms with Crippen LogP contribution in [0.25, 0.3) is 0 Å². The number of nitrogens with one attached hydrogen (secondary N) is 1. The Morgan fingerprint density at radius 2 is 1.83 bits per heavy atom. The summed E-state index contributed by atoms with van der Waals surface area (Å²) in [7, 11) is -3.33. The molecule has 0 aromatic heterocycles. The molecule has 0 saturated heterocycles. The van der Waals surface area contributed by atoms with Gasteiger partial charge >= 0.3 is 0 Å². The van der Waals surface area contributed by atoms with Gasteiger partial charge in [-0.1, -0.05) is 30.1 Å². The summed E-state index contributed by atoms with van der Waals surface area (Å²) in [5.74, 6) is -0.780. The highest BCUT2D eigenvalue weighted by molar-refractivity contribution is 7.92. The van der Waals surface area contributed by atoms with Crippen molar-refractivity contribution in [2.75, 3.05) is 5.32 Å². The molecule has 1 heterocycles. The average Bonchev–Trinajstić information content (AvgIpc) is 3.41. The Morgan fingerprint density at radius 3 is 2.52 bits per heavy atom. The minimum absolute atomic E-state index is 0.226. The first kappa shape index (κ1) is 19.6. The lowest BCUT2D eigenvalue weighted by atomic mass is 10.0. The number of oxime groups is 1. The van der Waals surface area contributed by atoms with E-state index in [1.165, 1.54) is 24.3 Å². The second-order valence-electron chi connectivity index (χ2n) is 7.31. The van der Waals surface area contributed by atoms with Crippen molar-refractivity contribution in [3.8, 4) is 0 Å². The van der Waals surface area contributed by atoms with Crippen molar-refractivity contribution < 1.29 is 22.4 Å². The predicted octanol–water partition coefficient (Wildman–Crippen LogP) is 3.67. The highest BCUT2D eigenvalue weighted by Crippen LogP contribution is 2.30. The SMILES string of the molecule is O=C(Nc1ccc(S(=O)(=O)C2CCCC2)cc1)[C@@H]1CC(c2cccc(F)c2)=NO1. The van der Waals surface area contributed by atoms with E-state index in [-0.39, 0.29) is 22.4 Å². The number of halogens is 1. The van der Waals surface area contributed by atoms with E-state index in [2.05, 4.69) is 10.5 Å². The maximum absolute atomic E-state index is 13.4. The second kappa shape index (κ2) is 7.94. The Morgan fingerprint density at radius 1 is 1.10 bits per heavy atom. The highest BCUT2D eigenvalue weighted by atomic mass is 32.2. The van der Waals surface area contributed by atoms with Gasteiger partial charge in [0.1, 0.15) is 5.82 Å². The van der Waals surface area contributed by atoms with Gasteiger partial charge < -0.3 is 10.2 Å². The van der Waals surface area contributed by atoms with Gasteiger partial charge in [0, 0.05) is 17.7 Å². The van der Waals surface area contributed by atoms with Gasteiger partial charge in [-0.3, -0.25) is 4.79 Å². The zero-order valence-electron chi connectivity index (χ0n) is 15.7. The molecule has 1 N–H and O–H groups in total. The topological polar surface area (TPSA) is 84.8 Å². The van der Waals surface area contributed by atoms with Gasteiger partial charge in [-0.25, -0.2) is 12.8 Å². The molecular weight excluding hydrogens is 395 g/mol. The van der Waals surface area contributed by atoms with Gasteiger partial charge in [0.2, 0.25) is 6.10 Å². The van der Waals surface area contributed by atoms with Gasteiger partial charge in [0.15, 0.2) is 9.84 Å². The van der Waals surface area contributed by atoms with Gasteiger partial charge in [-0.05, 0) is 49.2 Å². The summed E-state index contributed by atoms with van der Waals surface area (Å²) in [6.07, 6.45) is 2.69. The number of carbonyl (C=O) groups is 1. The van der Waals surface area contributed by atoms with Gasteiger partial charge in [0.25, 0.3) is 5.91 Å². The number of rotatable bonds is 5. The van der Waals surface area contributed by atoms with Crippen LogP contribution in [0.1, 0.15) is 37.7 Å². The van der Waals surface area contributed by atoms with E-state index in [9.17, 15) is 17.6 Å². The van der Waals surface area contributed by atoms with Gasteiger partial charge in [0.05, 0.1) is 15.9 Å². The number of hydrogen-bond donors (Lipinski definition) is 1. The predicted molar refractivity (Wildman–Crippen MR) is 107 cm³/mol. The van der Waals surface area contributed by atoms with Crippen molar-refractivity contribution in [1.29, 1.82) is 0 Å². The van der Waals surface area contributed by atoms with Crippen LogP contribution in [-0.2, 0) is 19.5 Å². The molecule has 0 radical (unpaired) electrons. The third-order valence-electron chi connectivity index (χ3n) is 5.31. The quantitative estimate of drug-likeness (QED) is 0.806. The first-order valence-electron chi connectivity index (χ1n) is 9.57. The fourth-order valence-corrected chi connectivity index (χ4v) is 5.55. The largest absolute Gasteiger partial charge is 0.382 e. The Kier molecular flexibility index (Phi) is 5.36. The van der Waals surface area contributed by atoms with E-state index in [0.29, 0.717) is 29.8 Å². The van der Waals surface area contributed by atoms with E-state index in [4.69, 9.17) is 4.84 Å². The van der Waals surface area contributed by atoms with Crippen LogP contribution in [0.4, 0.5) is 10.1 Å². The standard InChI is InChI=1S/C21H21FN2O4S/c22-15-5-3-4-14(12-15)19-13-20(28-24-19)21(25)23-16-8-10-18(11-9-16)29(26,27)17-6-1-2-7-17/h3-5,8-12,17,20H,1-2,6-7,13H2,(H,23,25)/t20-/m0/s1. The van der Waals surface area contributed by atoms with Gasteiger partial charge in [-0.2, -0.15) is 0 Å². The molecule has 2 aromatic rings. The molecule has 1 saturated carbocycles. The number of anilines is 1. The summed E-state index contributed by atoms with van der Waals surface area (Å²) < 4.78 is 38.6. The molecular formula is C21H21FN2O4S. The van der Waals surface area contributed by atoms with Crippen molar-refractivity contribution in [2.45, 2.75) is 48.4 Å². The van der Waals surface area contributed by atoms with Crippen LogP contribution in [0, 0.1) is 5.82 Å². The molecule has 2 aromatic carbocycles. The molecule has 29 heavy (non-hydrogen) atoms. The summed E-state index contributed by atoms with van der Waals surface area (Å²) in [5.41, 5.74) is 1.55. The van der Waals surface area contributed by atoms with E-state index >= 15 is 0 Å². The number of benzene rings is 2. The minimum Gasteiger partial charge on any atom is -0.382 e. The highest BCUT2D eigenvalue weighted by Gasteiger charge is 2.31. The Bertz CT molecular complexity index is 1040. The van der Waals surface area contributed by atoms with Crippen molar-refractivity contribution in [1.82, 2.24) is 0 Å². The molecule has 4 rings (SSSR count). The summed E-state index contributed by atoms with van der Waals surface area (Å²) in [5, 5.41) is 6.29. The smallest absolute Gasteiger partial charge is 0.268 e. The summed E-state index contributed by atoms with van der Waals surface area (Å²) >= 11 is 0. The van der Waals surface area contributed by atoms with Gasteiger partial charge in [-0.15, -0.1) is 0 Å². The van der Waals surface area contributed by atoms with Crippen LogP contribution in [0.15, 0.2) is 58.6 Å². The lowest BCUT2D eigenvalue weighted by Crippen LogP contribution is -2.28. The molecule has 0 bridgehead atoms. The van der Waals surface area contributed by atoms with Crippen LogP contribution in [0.3, 0.4) is 0 Å². The molecule has 6 nitrogen and oxygen atoms in total. The molecule has 1 atom stereocenters. The Balaban J connectivity index is 1.38. The van der Waals surface area contributed by atoms with Crippen LogP contribution in [0.5, 0.6) is 0 Å². The molecule has 0 unspecified atom stereocenters. The summed E-state index contributed by atoms with van der Waals surface area (Å²) in [6, 6.07) is 12.1. The lowest BCUT2D eigenvalue weighted by molar-refractivity contribution is -0.125. The van der Waals surface area contributed by atoms with Crippen LogP contribution < -0.4 is 5.32 Å². The first-order chi connectivity index (χ1) is 13.9. The van der Waals surface area contributed by atoms with E-state index in [1.54, 1.807) is 24.3 Å². The third kappa shape index (κ3) is 4.17.